The predicted octanol–water partition coefficient (Wildman–Crippen LogP) is 1.02. The van der Waals surface area contributed by atoms with E-state index in [0.29, 0.717) is 68.7 Å². The number of anilines is 3. The lowest BCUT2D eigenvalue weighted by molar-refractivity contribution is -0.169. The number of alkyl halides is 3. The average Bonchev–Trinajstić information content (AvgIpc) is 3.48. The third-order valence-electron chi connectivity index (χ3n) is 7.09. The van der Waals surface area contributed by atoms with Crippen LogP contribution >= 0.6 is 12.4 Å². The standard InChI is InChI=1S/C22H28F3N9O2.ClH/c1-21(3-5-33(12-21)18(35)16(26)22(23,24)25)34-4-2-14-15(13-10-28-19(27)29-11-13)30-20(31-17(14)34)32-6-8-36-9-7-32;/h10-11,16H,2-9,12,26H2,1H3,(H2,27,28,29);1H/t16-,21-;/m0./s1. The van der Waals surface area contributed by atoms with Crippen LogP contribution in [0.25, 0.3) is 11.3 Å². The summed E-state index contributed by atoms with van der Waals surface area (Å²) in [6.07, 6.45) is -0.434. The molecule has 4 N–H and O–H groups in total. The number of ether oxygens (including phenoxy) is 1. The summed E-state index contributed by atoms with van der Waals surface area (Å²) < 4.78 is 44.7. The molecular weight excluding hydrogens is 515 g/mol. The Morgan fingerprint density at radius 2 is 1.81 bits per heavy atom. The second-order valence-electron chi connectivity index (χ2n) is 9.53. The Bertz CT molecular complexity index is 1150. The second kappa shape index (κ2) is 10.1. The normalized spacial score (nSPS) is 22.6. The molecular formula is C22H29ClF3N9O2. The highest BCUT2D eigenvalue weighted by molar-refractivity contribution is 5.85. The minimum Gasteiger partial charge on any atom is -0.378 e. The van der Waals surface area contributed by atoms with Gasteiger partial charge in [-0.05, 0) is 19.8 Å². The molecule has 5 heterocycles. The van der Waals surface area contributed by atoms with Gasteiger partial charge in [0.2, 0.25) is 17.8 Å². The molecule has 2 fully saturated rings. The fourth-order valence-corrected chi connectivity index (χ4v) is 5.06. The van der Waals surface area contributed by atoms with Crippen LogP contribution < -0.4 is 21.3 Å². The van der Waals surface area contributed by atoms with Crippen LogP contribution in [-0.4, -0.2) is 94.4 Å². The molecule has 0 bridgehead atoms. The summed E-state index contributed by atoms with van der Waals surface area (Å²) in [4.78, 5) is 35.8. The summed E-state index contributed by atoms with van der Waals surface area (Å²) in [6.45, 7) is 5.20. The lowest BCUT2D eigenvalue weighted by Crippen LogP contribution is -2.54. The van der Waals surface area contributed by atoms with Gasteiger partial charge in [-0.15, -0.1) is 12.4 Å². The number of amides is 1. The predicted molar refractivity (Wildman–Crippen MR) is 132 cm³/mol. The van der Waals surface area contributed by atoms with Crippen molar-refractivity contribution in [1.82, 2.24) is 24.8 Å². The molecule has 3 aliphatic heterocycles. The van der Waals surface area contributed by atoms with Gasteiger partial charge in [0, 0.05) is 56.2 Å². The van der Waals surface area contributed by atoms with E-state index in [1.807, 2.05) is 11.8 Å². The molecule has 2 aromatic heterocycles. The van der Waals surface area contributed by atoms with Crippen molar-refractivity contribution in [1.29, 1.82) is 0 Å². The molecule has 5 rings (SSSR count). The number of nitrogen functional groups attached to an aromatic ring is 1. The van der Waals surface area contributed by atoms with Crippen LogP contribution in [0, 0.1) is 0 Å². The molecule has 1 amide bonds. The van der Waals surface area contributed by atoms with Gasteiger partial charge in [0.25, 0.3) is 0 Å². The first-order valence-electron chi connectivity index (χ1n) is 11.8. The van der Waals surface area contributed by atoms with Crippen molar-refractivity contribution in [2.45, 2.75) is 37.5 Å². The number of rotatable bonds is 4. The molecule has 0 radical (unpaired) electrons. The van der Waals surface area contributed by atoms with Crippen molar-refractivity contribution in [3.8, 4) is 11.3 Å². The van der Waals surface area contributed by atoms with Gasteiger partial charge in [0.1, 0.15) is 5.82 Å². The van der Waals surface area contributed by atoms with Gasteiger partial charge in [0.15, 0.2) is 6.04 Å². The number of likely N-dealkylation sites (tertiary alicyclic amines) is 1. The molecule has 0 aromatic carbocycles. The van der Waals surface area contributed by atoms with Crippen molar-refractivity contribution in [2.75, 3.05) is 61.5 Å². The third kappa shape index (κ3) is 5.09. The van der Waals surface area contributed by atoms with E-state index in [-0.39, 0.29) is 31.4 Å². The van der Waals surface area contributed by atoms with Gasteiger partial charge in [-0.1, -0.05) is 0 Å². The van der Waals surface area contributed by atoms with Gasteiger partial charge in [0.05, 0.1) is 24.4 Å². The number of halogens is 4. The molecule has 0 aliphatic carbocycles. The number of hydrogen-bond donors (Lipinski definition) is 2. The fourth-order valence-electron chi connectivity index (χ4n) is 5.06. The SMILES string of the molecule is C[C@]1(N2CCc3c(-c4cnc(N)nc4)nc(N4CCOCC4)nc32)CCN(C(=O)[C@H](N)C(F)(F)F)C1.Cl. The maximum absolute atomic E-state index is 13.1. The topological polar surface area (TPSA) is 140 Å². The maximum atomic E-state index is 13.1. The molecule has 2 saturated heterocycles. The van der Waals surface area contributed by atoms with Crippen molar-refractivity contribution in [2.24, 2.45) is 5.73 Å². The number of carbonyl (C=O) groups excluding carboxylic acids is 1. The Labute approximate surface area is 217 Å². The van der Waals surface area contributed by atoms with Crippen LogP contribution in [0.15, 0.2) is 12.4 Å². The van der Waals surface area contributed by atoms with Crippen LogP contribution in [0.1, 0.15) is 18.9 Å². The van der Waals surface area contributed by atoms with Gasteiger partial charge >= 0.3 is 6.18 Å². The van der Waals surface area contributed by atoms with Crippen LogP contribution in [-0.2, 0) is 16.0 Å². The number of aromatic nitrogens is 4. The fraction of sp³-hybridized carbons (Fsp3) is 0.591. The number of hydrogen-bond acceptors (Lipinski definition) is 10. The number of nitrogens with zero attached hydrogens (tertiary/aromatic N) is 7. The Kier molecular flexibility index (Phi) is 7.36. The summed E-state index contributed by atoms with van der Waals surface area (Å²) in [5.41, 5.74) is 12.6. The lowest BCUT2D eigenvalue weighted by atomic mass is 9.99. The molecule has 0 saturated carbocycles. The van der Waals surface area contributed by atoms with E-state index in [1.54, 1.807) is 12.4 Å². The highest BCUT2D eigenvalue weighted by Gasteiger charge is 2.49. The first-order valence-corrected chi connectivity index (χ1v) is 11.8. The van der Waals surface area contributed by atoms with E-state index >= 15 is 0 Å². The van der Waals surface area contributed by atoms with E-state index < -0.39 is 23.7 Å². The summed E-state index contributed by atoms with van der Waals surface area (Å²) in [5, 5.41) is 0. The molecule has 0 unspecified atom stereocenters. The van der Waals surface area contributed by atoms with Crippen molar-refractivity contribution in [3.63, 3.8) is 0 Å². The Hall–Kier alpha value is -2.97. The summed E-state index contributed by atoms with van der Waals surface area (Å²) in [6, 6.07) is -2.53. The van der Waals surface area contributed by atoms with Crippen LogP contribution in [0.4, 0.5) is 30.9 Å². The molecule has 11 nitrogen and oxygen atoms in total. The number of morpholine rings is 1. The minimum absolute atomic E-state index is 0. The van der Waals surface area contributed by atoms with Crippen molar-refractivity contribution < 1.29 is 22.7 Å². The number of nitrogens with two attached hydrogens (primary N) is 2. The minimum atomic E-state index is -4.79. The van der Waals surface area contributed by atoms with E-state index in [4.69, 9.17) is 26.2 Å². The molecule has 37 heavy (non-hydrogen) atoms. The Morgan fingerprint density at radius 1 is 1.14 bits per heavy atom. The van der Waals surface area contributed by atoms with Crippen molar-refractivity contribution in [3.05, 3.63) is 18.0 Å². The molecule has 15 heteroatoms. The summed E-state index contributed by atoms with van der Waals surface area (Å²) in [5.74, 6) is 0.279. The first-order chi connectivity index (χ1) is 17.1. The van der Waals surface area contributed by atoms with E-state index in [2.05, 4.69) is 14.9 Å². The summed E-state index contributed by atoms with van der Waals surface area (Å²) in [7, 11) is 0. The van der Waals surface area contributed by atoms with E-state index in [0.717, 1.165) is 5.56 Å². The van der Waals surface area contributed by atoms with Crippen molar-refractivity contribution >= 4 is 36.0 Å². The lowest BCUT2D eigenvalue weighted by Gasteiger charge is -2.37. The second-order valence-corrected chi connectivity index (χ2v) is 9.53. The van der Waals surface area contributed by atoms with Crippen LogP contribution in [0.5, 0.6) is 0 Å². The van der Waals surface area contributed by atoms with Crippen LogP contribution in [0.3, 0.4) is 0 Å². The highest BCUT2D eigenvalue weighted by Crippen LogP contribution is 2.41. The molecule has 2 atom stereocenters. The zero-order valence-corrected chi connectivity index (χ0v) is 21.1. The van der Waals surface area contributed by atoms with Gasteiger partial charge in [-0.3, -0.25) is 4.79 Å². The first kappa shape index (κ1) is 27.1. The van der Waals surface area contributed by atoms with Crippen LogP contribution in [0.2, 0.25) is 0 Å². The molecule has 0 spiro atoms. The average molecular weight is 544 g/mol. The zero-order chi connectivity index (χ0) is 25.7. The van der Waals surface area contributed by atoms with Gasteiger partial charge in [-0.25, -0.2) is 15.0 Å². The monoisotopic (exact) mass is 543 g/mol. The molecule has 2 aromatic rings. The third-order valence-corrected chi connectivity index (χ3v) is 7.09. The molecule has 3 aliphatic rings. The largest absolute Gasteiger partial charge is 0.412 e. The van der Waals surface area contributed by atoms with Gasteiger partial charge < -0.3 is 30.9 Å². The number of carbonyl (C=O) groups is 1. The van der Waals surface area contributed by atoms with Gasteiger partial charge in [-0.2, -0.15) is 18.2 Å². The molecule has 202 valence electrons. The number of fused-ring (bicyclic) bond motifs is 1. The highest BCUT2D eigenvalue weighted by atomic mass is 35.5. The quantitative estimate of drug-likeness (QED) is 0.574. The van der Waals surface area contributed by atoms with E-state index in [9.17, 15) is 18.0 Å². The van der Waals surface area contributed by atoms with E-state index in [1.165, 1.54) is 4.90 Å². The Morgan fingerprint density at radius 3 is 2.46 bits per heavy atom. The Balaban J connectivity index is 0.00000320. The summed E-state index contributed by atoms with van der Waals surface area (Å²) >= 11 is 0. The smallest absolute Gasteiger partial charge is 0.378 e. The maximum Gasteiger partial charge on any atom is 0.412 e. The zero-order valence-electron chi connectivity index (χ0n) is 20.2.